The standard InChI is InChI=1S/C28H28N2O3/c31-27(29-24-13-15-30(16-14-24)19-20-7-3-1-4-8-20)22-11-12-25-23(17-22)18-26(33-28(25)32)21-9-5-2-6-10-21/h1-12,17,24,26H,13-16,18-19H2,(H,29,31)/t26-/m0/s1. The number of piperidine rings is 1. The number of fused-ring (bicyclic) bond motifs is 1. The Morgan fingerprint density at radius 2 is 1.64 bits per heavy atom. The van der Waals surface area contributed by atoms with E-state index in [4.69, 9.17) is 4.74 Å². The second kappa shape index (κ2) is 9.59. The Balaban J connectivity index is 1.20. The molecule has 2 heterocycles. The van der Waals surface area contributed by atoms with Crippen molar-refractivity contribution in [2.45, 2.75) is 38.0 Å². The van der Waals surface area contributed by atoms with Crippen LogP contribution in [0.4, 0.5) is 0 Å². The summed E-state index contributed by atoms with van der Waals surface area (Å²) in [5, 5.41) is 3.20. The van der Waals surface area contributed by atoms with E-state index in [0.29, 0.717) is 17.5 Å². The molecule has 168 valence electrons. The minimum Gasteiger partial charge on any atom is -0.454 e. The van der Waals surface area contributed by atoms with Crippen LogP contribution in [0.3, 0.4) is 0 Å². The first kappa shape index (κ1) is 21.4. The van der Waals surface area contributed by atoms with Gasteiger partial charge in [0.25, 0.3) is 5.91 Å². The molecule has 2 aliphatic rings. The van der Waals surface area contributed by atoms with Crippen LogP contribution in [0.25, 0.3) is 0 Å². The number of rotatable bonds is 5. The van der Waals surface area contributed by atoms with E-state index in [1.54, 1.807) is 12.1 Å². The Bertz CT molecular complexity index is 1120. The molecular weight excluding hydrogens is 412 g/mol. The summed E-state index contributed by atoms with van der Waals surface area (Å²) >= 11 is 0. The van der Waals surface area contributed by atoms with Gasteiger partial charge in [-0.1, -0.05) is 60.7 Å². The van der Waals surface area contributed by atoms with Crippen molar-refractivity contribution in [3.63, 3.8) is 0 Å². The number of nitrogens with zero attached hydrogens (tertiary/aromatic N) is 1. The fourth-order valence-corrected chi connectivity index (χ4v) is 4.74. The topological polar surface area (TPSA) is 58.6 Å². The average molecular weight is 441 g/mol. The maximum atomic E-state index is 13.0. The molecule has 0 aromatic heterocycles. The first-order chi connectivity index (χ1) is 16.2. The fourth-order valence-electron chi connectivity index (χ4n) is 4.74. The van der Waals surface area contributed by atoms with Crippen LogP contribution in [-0.2, 0) is 17.7 Å². The molecule has 1 N–H and O–H groups in total. The lowest BCUT2D eigenvalue weighted by atomic mass is 9.93. The maximum absolute atomic E-state index is 13.0. The molecule has 1 atom stereocenters. The van der Waals surface area contributed by atoms with E-state index in [-0.39, 0.29) is 24.0 Å². The molecule has 3 aromatic rings. The van der Waals surface area contributed by atoms with E-state index in [9.17, 15) is 9.59 Å². The molecule has 0 bridgehead atoms. The van der Waals surface area contributed by atoms with Gasteiger partial charge in [0.1, 0.15) is 6.10 Å². The van der Waals surface area contributed by atoms with Gasteiger partial charge >= 0.3 is 5.97 Å². The third-order valence-electron chi connectivity index (χ3n) is 6.59. The van der Waals surface area contributed by atoms with E-state index < -0.39 is 0 Å². The zero-order chi connectivity index (χ0) is 22.6. The number of benzene rings is 3. The fraction of sp³-hybridized carbons (Fsp3) is 0.286. The summed E-state index contributed by atoms with van der Waals surface area (Å²) in [5.74, 6) is -0.405. The van der Waals surface area contributed by atoms with Gasteiger partial charge in [0.2, 0.25) is 0 Å². The minimum atomic E-state index is -0.331. The maximum Gasteiger partial charge on any atom is 0.339 e. The van der Waals surface area contributed by atoms with Crippen molar-refractivity contribution in [3.8, 4) is 0 Å². The number of esters is 1. The van der Waals surface area contributed by atoms with E-state index >= 15 is 0 Å². The predicted octanol–water partition coefficient (Wildman–Crippen LogP) is 4.54. The summed E-state index contributed by atoms with van der Waals surface area (Å²) in [6.45, 7) is 2.88. The molecule has 5 nitrogen and oxygen atoms in total. The third-order valence-corrected chi connectivity index (χ3v) is 6.59. The number of ether oxygens (including phenoxy) is 1. The lowest BCUT2D eigenvalue weighted by Crippen LogP contribution is -2.44. The molecule has 1 fully saturated rings. The molecule has 0 radical (unpaired) electrons. The number of amides is 1. The zero-order valence-corrected chi connectivity index (χ0v) is 18.6. The number of cyclic esters (lactones) is 1. The zero-order valence-electron chi connectivity index (χ0n) is 18.6. The highest BCUT2D eigenvalue weighted by atomic mass is 16.5. The van der Waals surface area contributed by atoms with Crippen molar-refractivity contribution in [3.05, 3.63) is 107 Å². The van der Waals surface area contributed by atoms with Gasteiger partial charge in [-0.2, -0.15) is 0 Å². The van der Waals surface area contributed by atoms with Crippen LogP contribution in [0.2, 0.25) is 0 Å². The number of carbonyl (C=O) groups excluding carboxylic acids is 2. The number of likely N-dealkylation sites (tertiary alicyclic amines) is 1. The van der Waals surface area contributed by atoms with Crippen molar-refractivity contribution in [2.24, 2.45) is 0 Å². The van der Waals surface area contributed by atoms with Crippen molar-refractivity contribution in [1.29, 1.82) is 0 Å². The SMILES string of the molecule is O=C(NC1CCN(Cc2ccccc2)CC1)c1ccc2c(c1)C[C@@H](c1ccccc1)OC2=O. The third kappa shape index (κ3) is 4.99. The van der Waals surface area contributed by atoms with Crippen molar-refractivity contribution >= 4 is 11.9 Å². The van der Waals surface area contributed by atoms with Crippen molar-refractivity contribution in [2.75, 3.05) is 13.1 Å². The van der Waals surface area contributed by atoms with Gasteiger partial charge in [0.15, 0.2) is 0 Å². The number of carbonyl (C=O) groups is 2. The van der Waals surface area contributed by atoms with E-state index in [0.717, 1.165) is 43.6 Å². The van der Waals surface area contributed by atoms with E-state index in [1.807, 2.05) is 42.5 Å². The highest BCUT2D eigenvalue weighted by Crippen LogP contribution is 2.31. The molecule has 0 aliphatic carbocycles. The molecule has 0 unspecified atom stereocenters. The van der Waals surface area contributed by atoms with Crippen LogP contribution in [0.1, 0.15) is 56.4 Å². The molecule has 1 amide bonds. The normalized spacial score (nSPS) is 18.9. The van der Waals surface area contributed by atoms with Gasteiger partial charge in [-0.15, -0.1) is 0 Å². The van der Waals surface area contributed by atoms with Gasteiger partial charge in [0.05, 0.1) is 5.56 Å². The molecule has 5 heteroatoms. The Morgan fingerprint density at radius 1 is 0.939 bits per heavy atom. The van der Waals surface area contributed by atoms with Crippen LogP contribution < -0.4 is 5.32 Å². The quantitative estimate of drug-likeness (QED) is 0.592. The average Bonchev–Trinajstić information content (AvgIpc) is 2.86. The summed E-state index contributed by atoms with van der Waals surface area (Å²) in [6, 6.07) is 25.7. The van der Waals surface area contributed by atoms with Gasteiger partial charge in [-0.3, -0.25) is 9.69 Å². The van der Waals surface area contributed by atoms with Crippen LogP contribution in [0.5, 0.6) is 0 Å². The second-order valence-electron chi connectivity index (χ2n) is 8.89. The lowest BCUT2D eigenvalue weighted by molar-refractivity contribution is 0.0252. The number of hydrogen-bond donors (Lipinski definition) is 1. The Hall–Kier alpha value is -3.44. The van der Waals surface area contributed by atoms with Gasteiger partial charge in [-0.05, 0) is 47.7 Å². The van der Waals surface area contributed by atoms with Crippen LogP contribution in [0.15, 0.2) is 78.9 Å². The summed E-state index contributed by atoms with van der Waals surface area (Å²) in [7, 11) is 0. The second-order valence-corrected chi connectivity index (χ2v) is 8.89. The van der Waals surface area contributed by atoms with Crippen molar-refractivity contribution < 1.29 is 14.3 Å². The smallest absolute Gasteiger partial charge is 0.339 e. The largest absolute Gasteiger partial charge is 0.454 e. The van der Waals surface area contributed by atoms with E-state index in [2.05, 4.69) is 34.5 Å². The molecule has 3 aromatic carbocycles. The molecule has 5 rings (SSSR count). The molecule has 1 saturated heterocycles. The minimum absolute atomic E-state index is 0.0745. The van der Waals surface area contributed by atoms with Gasteiger partial charge < -0.3 is 10.1 Å². The van der Waals surface area contributed by atoms with Crippen LogP contribution in [-0.4, -0.2) is 35.9 Å². The van der Waals surface area contributed by atoms with Crippen LogP contribution >= 0.6 is 0 Å². The Morgan fingerprint density at radius 3 is 2.36 bits per heavy atom. The Kier molecular flexibility index (Phi) is 6.22. The lowest BCUT2D eigenvalue weighted by Gasteiger charge is -2.32. The Labute approximate surface area is 194 Å². The number of hydrogen-bond acceptors (Lipinski definition) is 4. The van der Waals surface area contributed by atoms with E-state index in [1.165, 1.54) is 5.56 Å². The monoisotopic (exact) mass is 440 g/mol. The summed E-state index contributed by atoms with van der Waals surface area (Å²) in [4.78, 5) is 27.9. The number of nitrogens with one attached hydrogen (secondary N) is 1. The molecule has 33 heavy (non-hydrogen) atoms. The molecule has 0 spiro atoms. The highest BCUT2D eigenvalue weighted by molar-refractivity contribution is 5.98. The summed E-state index contributed by atoms with van der Waals surface area (Å²) in [5.41, 5.74) is 4.30. The molecular formula is C28H28N2O3. The predicted molar refractivity (Wildman–Crippen MR) is 127 cm³/mol. The van der Waals surface area contributed by atoms with Gasteiger partial charge in [-0.25, -0.2) is 4.79 Å². The first-order valence-corrected chi connectivity index (χ1v) is 11.6. The highest BCUT2D eigenvalue weighted by Gasteiger charge is 2.28. The molecule has 2 aliphatic heterocycles. The van der Waals surface area contributed by atoms with Crippen LogP contribution in [0, 0.1) is 0 Å². The van der Waals surface area contributed by atoms with Gasteiger partial charge in [0, 0.05) is 37.7 Å². The van der Waals surface area contributed by atoms with Crippen molar-refractivity contribution in [1.82, 2.24) is 10.2 Å². The summed E-state index contributed by atoms with van der Waals surface area (Å²) in [6.07, 6.45) is 2.13. The first-order valence-electron chi connectivity index (χ1n) is 11.6. The summed E-state index contributed by atoms with van der Waals surface area (Å²) < 4.78 is 5.63. The molecule has 0 saturated carbocycles.